The van der Waals surface area contributed by atoms with Crippen molar-refractivity contribution in [1.29, 1.82) is 0 Å². The second-order valence-electron chi connectivity index (χ2n) is 11.0. The summed E-state index contributed by atoms with van der Waals surface area (Å²) in [5.74, 6) is -3.46. The Morgan fingerprint density at radius 2 is 1.62 bits per heavy atom. The number of ether oxygens (including phenoxy) is 1. The second-order valence-corrected chi connectivity index (χ2v) is 11.0. The molecule has 1 aliphatic rings. The Balaban J connectivity index is 1.95. The van der Waals surface area contributed by atoms with Gasteiger partial charge in [0, 0.05) is 49.7 Å². The number of nitrogens with one attached hydrogen (secondary N) is 3. The van der Waals surface area contributed by atoms with Gasteiger partial charge in [0.15, 0.2) is 5.78 Å². The first-order valence-corrected chi connectivity index (χ1v) is 13.6. The number of anilines is 1. The molecule has 1 aromatic carbocycles. The zero-order valence-corrected chi connectivity index (χ0v) is 24.4. The van der Waals surface area contributed by atoms with Crippen molar-refractivity contribution < 1.29 is 38.3 Å². The largest absolute Gasteiger partial charge is 0.460 e. The lowest BCUT2D eigenvalue weighted by Crippen LogP contribution is -2.42. The Hall–Kier alpha value is -4.55. The molecule has 0 radical (unpaired) electrons. The van der Waals surface area contributed by atoms with Crippen LogP contribution >= 0.6 is 0 Å². The lowest BCUT2D eigenvalue weighted by atomic mass is 9.93. The van der Waals surface area contributed by atoms with Gasteiger partial charge in [-0.05, 0) is 58.2 Å². The molecule has 6 amide bonds. The number of rotatable bonds is 15. The van der Waals surface area contributed by atoms with E-state index in [9.17, 15) is 33.6 Å². The average molecular weight is 586 g/mol. The molecular formula is C29H39N5O8. The Morgan fingerprint density at radius 1 is 1.00 bits per heavy atom. The molecule has 0 spiro atoms. The summed E-state index contributed by atoms with van der Waals surface area (Å²) in [6, 6.07) is 5.10. The third-order valence-electron chi connectivity index (χ3n) is 6.37. The molecule has 13 nitrogen and oxygen atoms in total. The van der Waals surface area contributed by atoms with Gasteiger partial charge in [0.2, 0.25) is 11.8 Å². The van der Waals surface area contributed by atoms with Crippen LogP contribution in [-0.4, -0.2) is 65.4 Å². The highest BCUT2D eigenvalue weighted by atomic mass is 16.5. The standard InChI is InChI=1S/C29H39N5O8/c1-18(32-23(36)13-15-34-24(37)11-12-25(34)38)22(35)16-20(6-5-14-31-28(30)41)26(39)33-21-9-7-19(8-10-21)17-42-27(40)29(2,3)4/h7-12,18,20H,5-6,13-17H2,1-4H3,(H,32,36)(H,33,39)(H3,30,31,41)/t18-,20+/m0/s1. The number of primary amides is 1. The summed E-state index contributed by atoms with van der Waals surface area (Å²) in [5.41, 5.74) is 5.67. The van der Waals surface area contributed by atoms with E-state index in [1.165, 1.54) is 6.92 Å². The van der Waals surface area contributed by atoms with Gasteiger partial charge in [-0.15, -0.1) is 0 Å². The summed E-state index contributed by atoms with van der Waals surface area (Å²) in [6.45, 7) is 6.94. The van der Waals surface area contributed by atoms with Crippen molar-refractivity contribution in [3.63, 3.8) is 0 Å². The molecule has 13 heteroatoms. The monoisotopic (exact) mass is 585 g/mol. The van der Waals surface area contributed by atoms with Gasteiger partial charge in [-0.25, -0.2) is 4.79 Å². The van der Waals surface area contributed by atoms with Crippen LogP contribution in [0, 0.1) is 11.3 Å². The zero-order chi connectivity index (χ0) is 31.4. The number of nitrogens with two attached hydrogens (primary N) is 1. The SMILES string of the molecule is C[C@H](NC(=O)CCN1C(=O)C=CC1=O)C(=O)C[C@@H](CCCNC(N)=O)C(=O)Nc1ccc(COC(=O)C(C)(C)C)cc1. The van der Waals surface area contributed by atoms with Crippen LogP contribution in [0.2, 0.25) is 0 Å². The van der Waals surface area contributed by atoms with Crippen LogP contribution in [0.25, 0.3) is 0 Å². The Bertz CT molecular complexity index is 1200. The maximum atomic E-state index is 13.1. The lowest BCUT2D eigenvalue weighted by molar-refractivity contribution is -0.154. The van der Waals surface area contributed by atoms with Gasteiger partial charge in [0.25, 0.3) is 11.8 Å². The minimum Gasteiger partial charge on any atom is -0.460 e. The highest BCUT2D eigenvalue weighted by Crippen LogP contribution is 2.19. The number of urea groups is 1. The quantitative estimate of drug-likeness (QED) is 0.135. The molecule has 0 saturated carbocycles. The van der Waals surface area contributed by atoms with Crippen LogP contribution in [0.5, 0.6) is 0 Å². The van der Waals surface area contributed by atoms with Crippen LogP contribution in [0.15, 0.2) is 36.4 Å². The molecule has 0 aromatic heterocycles. The summed E-state index contributed by atoms with van der Waals surface area (Å²) >= 11 is 0. The molecule has 0 bridgehead atoms. The number of nitrogens with zero attached hydrogens (tertiary/aromatic N) is 1. The molecule has 42 heavy (non-hydrogen) atoms. The van der Waals surface area contributed by atoms with E-state index in [1.807, 2.05) is 0 Å². The Labute approximate surface area is 244 Å². The molecular weight excluding hydrogens is 546 g/mol. The maximum absolute atomic E-state index is 13.1. The minimum absolute atomic E-state index is 0.0828. The number of carbonyl (C=O) groups is 7. The number of imide groups is 1. The molecule has 0 unspecified atom stereocenters. The third-order valence-corrected chi connectivity index (χ3v) is 6.37. The van der Waals surface area contributed by atoms with E-state index in [4.69, 9.17) is 10.5 Å². The normalized spacial score (nSPS) is 14.2. The van der Waals surface area contributed by atoms with E-state index < -0.39 is 52.8 Å². The average Bonchev–Trinajstić information content (AvgIpc) is 3.24. The molecule has 1 heterocycles. The highest BCUT2D eigenvalue weighted by Gasteiger charge is 2.27. The summed E-state index contributed by atoms with van der Waals surface area (Å²) in [5, 5.41) is 7.77. The number of benzene rings is 1. The van der Waals surface area contributed by atoms with Gasteiger partial charge >= 0.3 is 12.0 Å². The van der Waals surface area contributed by atoms with Crippen LogP contribution in [0.1, 0.15) is 58.9 Å². The predicted octanol–water partition coefficient (Wildman–Crippen LogP) is 1.56. The number of hydrogen-bond donors (Lipinski definition) is 4. The smallest absolute Gasteiger partial charge is 0.312 e. The molecule has 2 atom stereocenters. The molecule has 1 aromatic rings. The van der Waals surface area contributed by atoms with Gasteiger partial charge in [-0.2, -0.15) is 0 Å². The first-order valence-electron chi connectivity index (χ1n) is 13.6. The van der Waals surface area contributed by atoms with Crippen molar-refractivity contribution in [1.82, 2.24) is 15.5 Å². The van der Waals surface area contributed by atoms with Gasteiger partial charge in [0.1, 0.15) is 6.61 Å². The first kappa shape index (κ1) is 33.7. The van der Waals surface area contributed by atoms with Crippen molar-refractivity contribution in [2.45, 2.75) is 66.0 Å². The maximum Gasteiger partial charge on any atom is 0.312 e. The van der Waals surface area contributed by atoms with Crippen molar-refractivity contribution in [2.24, 2.45) is 17.1 Å². The molecule has 2 rings (SSSR count). The summed E-state index contributed by atoms with van der Waals surface area (Å²) in [4.78, 5) is 85.6. The minimum atomic E-state index is -0.922. The predicted molar refractivity (Wildman–Crippen MR) is 152 cm³/mol. The number of esters is 1. The highest BCUT2D eigenvalue weighted by molar-refractivity contribution is 6.13. The molecule has 228 valence electrons. The van der Waals surface area contributed by atoms with Crippen molar-refractivity contribution >= 4 is 47.1 Å². The van der Waals surface area contributed by atoms with Gasteiger partial charge in [-0.3, -0.25) is 33.7 Å². The van der Waals surface area contributed by atoms with Crippen LogP contribution in [0.4, 0.5) is 10.5 Å². The third kappa shape index (κ3) is 11.1. The van der Waals surface area contributed by atoms with E-state index in [-0.39, 0.29) is 44.9 Å². The Morgan fingerprint density at radius 3 is 2.19 bits per heavy atom. The van der Waals surface area contributed by atoms with Gasteiger partial charge in [-0.1, -0.05) is 12.1 Å². The van der Waals surface area contributed by atoms with Crippen molar-refractivity contribution in [2.75, 3.05) is 18.4 Å². The fourth-order valence-electron chi connectivity index (χ4n) is 3.86. The first-order chi connectivity index (χ1) is 19.7. The summed E-state index contributed by atoms with van der Waals surface area (Å²) in [7, 11) is 0. The molecule has 0 aliphatic carbocycles. The second kappa shape index (κ2) is 15.5. The molecule has 0 saturated heterocycles. The summed E-state index contributed by atoms with van der Waals surface area (Å²) < 4.78 is 5.30. The van der Waals surface area contributed by atoms with Crippen LogP contribution in [-0.2, 0) is 40.1 Å². The number of Topliss-reactive ketones (excluding diaryl/α,β-unsaturated/α-hetero) is 1. The van der Waals surface area contributed by atoms with E-state index in [0.717, 1.165) is 22.6 Å². The topological polar surface area (TPSA) is 194 Å². The zero-order valence-electron chi connectivity index (χ0n) is 24.4. The number of hydrogen-bond acceptors (Lipinski definition) is 8. The van der Waals surface area contributed by atoms with E-state index >= 15 is 0 Å². The molecule has 0 fully saturated rings. The van der Waals surface area contributed by atoms with Crippen molar-refractivity contribution in [3.8, 4) is 0 Å². The fraction of sp³-hybridized carbons (Fsp3) is 0.483. The number of amides is 6. The van der Waals surface area contributed by atoms with Crippen LogP contribution in [0.3, 0.4) is 0 Å². The van der Waals surface area contributed by atoms with E-state index in [2.05, 4.69) is 16.0 Å². The van der Waals surface area contributed by atoms with Gasteiger partial charge in [0.05, 0.1) is 11.5 Å². The van der Waals surface area contributed by atoms with E-state index in [1.54, 1.807) is 45.0 Å². The van der Waals surface area contributed by atoms with Crippen molar-refractivity contribution in [3.05, 3.63) is 42.0 Å². The van der Waals surface area contributed by atoms with Crippen LogP contribution < -0.4 is 21.7 Å². The van der Waals surface area contributed by atoms with Gasteiger partial charge < -0.3 is 26.4 Å². The molecule has 5 N–H and O–H groups in total. The Kier molecular flexibility index (Phi) is 12.4. The number of carbonyl (C=O) groups excluding carboxylic acids is 7. The van der Waals surface area contributed by atoms with E-state index in [0.29, 0.717) is 12.1 Å². The fourth-order valence-corrected chi connectivity index (χ4v) is 3.86. The number of ketones is 1. The summed E-state index contributed by atoms with van der Waals surface area (Å²) in [6.07, 6.45) is 2.51. The lowest BCUT2D eigenvalue weighted by Gasteiger charge is -2.20. The molecule has 1 aliphatic heterocycles.